The second-order valence-electron chi connectivity index (χ2n) is 4.81. The van der Waals surface area contributed by atoms with Crippen LogP contribution in [0.2, 0.25) is 0 Å². The predicted octanol–water partition coefficient (Wildman–Crippen LogP) is 1.24. The summed E-state index contributed by atoms with van der Waals surface area (Å²) in [5, 5.41) is 3.04. The van der Waals surface area contributed by atoms with E-state index in [1.165, 1.54) is 6.07 Å². The van der Waals surface area contributed by atoms with Gasteiger partial charge in [-0.15, -0.1) is 0 Å². The molecule has 1 atom stereocenters. The van der Waals surface area contributed by atoms with E-state index in [0.29, 0.717) is 18.7 Å². The normalized spacial score (nSPS) is 25.6. The molecule has 4 nitrogen and oxygen atoms in total. The Kier molecular flexibility index (Phi) is 2.69. The molecule has 0 aromatic heterocycles. The summed E-state index contributed by atoms with van der Waals surface area (Å²) < 4.78 is 36.8. The summed E-state index contributed by atoms with van der Waals surface area (Å²) in [6, 6.07) is 4.91. The van der Waals surface area contributed by atoms with Gasteiger partial charge in [-0.2, -0.15) is 0 Å². The number of sulfone groups is 1. The Morgan fingerprint density at radius 1 is 1.39 bits per heavy atom. The summed E-state index contributed by atoms with van der Waals surface area (Å²) in [5.41, 5.74) is 1.27. The van der Waals surface area contributed by atoms with Gasteiger partial charge >= 0.3 is 0 Å². The molecular weight excluding hydrogens is 255 g/mol. The highest BCUT2D eigenvalue weighted by atomic mass is 32.2. The van der Waals surface area contributed by atoms with Crippen LogP contribution >= 0.6 is 0 Å². The highest BCUT2D eigenvalue weighted by molar-refractivity contribution is 7.91. The lowest BCUT2D eigenvalue weighted by Gasteiger charge is -2.36. The van der Waals surface area contributed by atoms with Gasteiger partial charge in [-0.3, -0.25) is 0 Å². The third kappa shape index (κ3) is 1.94. The first-order valence-electron chi connectivity index (χ1n) is 6.06. The van der Waals surface area contributed by atoms with E-state index in [1.807, 2.05) is 11.0 Å². The lowest BCUT2D eigenvalue weighted by atomic mass is 10.1. The van der Waals surface area contributed by atoms with Crippen LogP contribution in [-0.2, 0) is 9.84 Å². The summed E-state index contributed by atoms with van der Waals surface area (Å²) in [4.78, 5) is 2.03. The van der Waals surface area contributed by atoms with Gasteiger partial charge in [0.15, 0.2) is 9.84 Å². The number of fused-ring (bicyclic) bond motifs is 1. The lowest BCUT2D eigenvalue weighted by Crippen LogP contribution is -2.42. The second-order valence-corrected chi connectivity index (χ2v) is 7.04. The number of nitrogens with one attached hydrogen (secondary N) is 1. The van der Waals surface area contributed by atoms with Crippen molar-refractivity contribution in [2.75, 3.05) is 34.8 Å². The maximum atomic E-state index is 13.7. The van der Waals surface area contributed by atoms with Crippen LogP contribution in [0.4, 0.5) is 15.8 Å². The number of rotatable bonds is 1. The van der Waals surface area contributed by atoms with Crippen LogP contribution in [0.3, 0.4) is 0 Å². The Hall–Kier alpha value is -1.30. The van der Waals surface area contributed by atoms with Crippen molar-refractivity contribution < 1.29 is 12.8 Å². The third-order valence-electron chi connectivity index (χ3n) is 3.60. The smallest absolute Gasteiger partial charge is 0.152 e. The van der Waals surface area contributed by atoms with Crippen molar-refractivity contribution in [2.24, 2.45) is 0 Å². The van der Waals surface area contributed by atoms with E-state index in [1.54, 1.807) is 6.07 Å². The van der Waals surface area contributed by atoms with Gasteiger partial charge in [0.05, 0.1) is 22.9 Å². The highest BCUT2D eigenvalue weighted by Crippen LogP contribution is 2.34. The molecule has 6 heteroatoms. The molecule has 1 aromatic rings. The van der Waals surface area contributed by atoms with E-state index >= 15 is 0 Å². The Morgan fingerprint density at radius 2 is 2.22 bits per heavy atom. The van der Waals surface area contributed by atoms with Crippen LogP contribution in [0.25, 0.3) is 0 Å². The van der Waals surface area contributed by atoms with Crippen molar-refractivity contribution in [3.8, 4) is 0 Å². The minimum atomic E-state index is -2.91. The number of anilines is 2. The highest BCUT2D eigenvalue weighted by Gasteiger charge is 2.34. The first-order valence-corrected chi connectivity index (χ1v) is 7.88. The Morgan fingerprint density at radius 3 is 2.94 bits per heavy atom. The Balaban J connectivity index is 1.95. The molecule has 0 aliphatic carbocycles. The van der Waals surface area contributed by atoms with Crippen LogP contribution < -0.4 is 10.2 Å². The molecule has 2 aliphatic heterocycles. The largest absolute Gasteiger partial charge is 0.379 e. The fraction of sp³-hybridized carbons (Fsp3) is 0.500. The molecule has 98 valence electrons. The second kappa shape index (κ2) is 4.12. The molecule has 0 saturated carbocycles. The average molecular weight is 270 g/mol. The third-order valence-corrected chi connectivity index (χ3v) is 5.36. The van der Waals surface area contributed by atoms with Crippen LogP contribution in [0.5, 0.6) is 0 Å². The zero-order valence-corrected chi connectivity index (χ0v) is 10.7. The van der Waals surface area contributed by atoms with E-state index < -0.39 is 9.84 Å². The SMILES string of the molecule is O=S1(=O)CCC(N2CCNc3c(F)cccc32)C1. The van der Waals surface area contributed by atoms with Crippen LogP contribution in [-0.4, -0.2) is 39.1 Å². The number of benzene rings is 1. The molecule has 2 heterocycles. The molecule has 18 heavy (non-hydrogen) atoms. The Labute approximate surface area is 106 Å². The fourth-order valence-corrected chi connectivity index (χ4v) is 4.48. The monoisotopic (exact) mass is 270 g/mol. The molecule has 0 radical (unpaired) electrons. The zero-order chi connectivity index (χ0) is 12.8. The molecule has 1 fully saturated rings. The summed E-state index contributed by atoms with van der Waals surface area (Å²) in [6.07, 6.45) is 0.637. The van der Waals surface area contributed by atoms with Gasteiger partial charge in [0, 0.05) is 19.1 Å². The first kappa shape index (κ1) is 11.8. The molecule has 1 aromatic carbocycles. The number of para-hydroxylation sites is 1. The van der Waals surface area contributed by atoms with Crippen molar-refractivity contribution in [3.63, 3.8) is 0 Å². The molecule has 0 amide bonds. The fourth-order valence-electron chi connectivity index (χ4n) is 2.75. The molecule has 0 spiro atoms. The summed E-state index contributed by atoms with van der Waals surface area (Å²) in [5.74, 6) is 0.146. The van der Waals surface area contributed by atoms with Crippen molar-refractivity contribution in [1.82, 2.24) is 0 Å². The molecule has 2 aliphatic rings. The Bertz CT molecular complexity index is 573. The first-order chi connectivity index (χ1) is 8.57. The van der Waals surface area contributed by atoms with Gasteiger partial charge in [-0.05, 0) is 18.6 Å². The van der Waals surface area contributed by atoms with Crippen molar-refractivity contribution in [1.29, 1.82) is 0 Å². The topological polar surface area (TPSA) is 49.4 Å². The van der Waals surface area contributed by atoms with Crippen LogP contribution in [0.1, 0.15) is 6.42 Å². The summed E-state index contributed by atoms with van der Waals surface area (Å²) in [6.45, 7) is 1.36. The van der Waals surface area contributed by atoms with Crippen molar-refractivity contribution in [3.05, 3.63) is 24.0 Å². The maximum Gasteiger partial charge on any atom is 0.152 e. The number of nitrogens with zero attached hydrogens (tertiary/aromatic N) is 1. The van der Waals surface area contributed by atoms with Gasteiger partial charge in [-0.1, -0.05) is 6.07 Å². The van der Waals surface area contributed by atoms with E-state index in [2.05, 4.69) is 5.32 Å². The van der Waals surface area contributed by atoms with Gasteiger partial charge in [-0.25, -0.2) is 12.8 Å². The van der Waals surface area contributed by atoms with E-state index in [-0.39, 0.29) is 23.4 Å². The lowest BCUT2D eigenvalue weighted by molar-refractivity contribution is 0.597. The molecule has 3 rings (SSSR count). The number of hydrogen-bond donors (Lipinski definition) is 1. The standard InChI is InChI=1S/C12H15FN2O2S/c13-10-2-1-3-11-12(10)14-5-6-15(11)9-4-7-18(16,17)8-9/h1-3,9,14H,4-8H2. The minimum Gasteiger partial charge on any atom is -0.379 e. The summed E-state index contributed by atoms with van der Waals surface area (Å²) >= 11 is 0. The zero-order valence-electron chi connectivity index (χ0n) is 9.89. The van der Waals surface area contributed by atoms with Gasteiger partial charge < -0.3 is 10.2 Å². The van der Waals surface area contributed by atoms with Crippen molar-refractivity contribution in [2.45, 2.75) is 12.5 Å². The number of hydrogen-bond acceptors (Lipinski definition) is 4. The van der Waals surface area contributed by atoms with Crippen molar-refractivity contribution >= 4 is 21.2 Å². The predicted molar refractivity (Wildman–Crippen MR) is 69.3 cm³/mol. The molecule has 0 bridgehead atoms. The summed E-state index contributed by atoms with van der Waals surface area (Å²) in [7, 11) is -2.91. The quantitative estimate of drug-likeness (QED) is 0.834. The molecule has 1 saturated heterocycles. The van der Waals surface area contributed by atoms with Crippen LogP contribution in [0, 0.1) is 5.82 Å². The minimum absolute atomic E-state index is 0.0161. The average Bonchev–Trinajstić information content (AvgIpc) is 2.70. The van der Waals surface area contributed by atoms with Crippen LogP contribution in [0.15, 0.2) is 18.2 Å². The van der Waals surface area contributed by atoms with Gasteiger partial charge in [0.2, 0.25) is 0 Å². The number of halogens is 1. The molecular formula is C12H15FN2O2S. The maximum absolute atomic E-state index is 13.7. The molecule has 1 unspecified atom stereocenters. The van der Waals surface area contributed by atoms with Gasteiger partial charge in [0.25, 0.3) is 0 Å². The van der Waals surface area contributed by atoms with Gasteiger partial charge in [0.1, 0.15) is 5.82 Å². The molecule has 1 N–H and O–H groups in total. The van der Waals surface area contributed by atoms with E-state index in [9.17, 15) is 12.8 Å². The van der Waals surface area contributed by atoms with E-state index in [4.69, 9.17) is 0 Å². The van der Waals surface area contributed by atoms with E-state index in [0.717, 1.165) is 12.2 Å².